The molecule has 0 aliphatic carbocycles. The van der Waals surface area contributed by atoms with E-state index in [0.717, 1.165) is 24.8 Å². The lowest BCUT2D eigenvalue weighted by atomic mass is 10.2. The van der Waals surface area contributed by atoms with Gasteiger partial charge in [-0.25, -0.2) is 8.42 Å². The molecule has 174 valence electrons. The van der Waals surface area contributed by atoms with E-state index in [1.165, 1.54) is 39.9 Å². The quantitative estimate of drug-likeness (QED) is 0.540. The second-order valence-corrected chi connectivity index (χ2v) is 10.3. The van der Waals surface area contributed by atoms with Gasteiger partial charge in [0.05, 0.1) is 24.7 Å². The average molecular weight is 489 g/mol. The van der Waals surface area contributed by atoms with Crippen LogP contribution in [0, 0.1) is 0 Å². The third-order valence-corrected chi connectivity index (χ3v) is 8.14. The molecule has 1 aliphatic rings. The van der Waals surface area contributed by atoms with Crippen LogP contribution in [0.15, 0.2) is 47.4 Å². The van der Waals surface area contributed by atoms with Crippen LogP contribution in [0.25, 0.3) is 10.6 Å². The molecule has 11 heteroatoms. The molecule has 1 saturated heterocycles. The normalized spacial score (nSPS) is 14.6. The number of piperidine rings is 1. The van der Waals surface area contributed by atoms with Crippen molar-refractivity contribution in [3.8, 4) is 22.1 Å². The van der Waals surface area contributed by atoms with E-state index in [1.54, 1.807) is 26.4 Å². The Bertz CT molecular complexity index is 1240. The number of anilines is 1. The molecule has 4 rings (SSSR count). The van der Waals surface area contributed by atoms with Gasteiger partial charge in [0.25, 0.3) is 5.91 Å². The van der Waals surface area contributed by atoms with Gasteiger partial charge in [-0.1, -0.05) is 17.8 Å². The summed E-state index contributed by atoms with van der Waals surface area (Å²) in [7, 11) is -0.417. The number of benzene rings is 2. The number of carbonyl (C=O) groups is 1. The molecule has 0 bridgehead atoms. The van der Waals surface area contributed by atoms with E-state index in [4.69, 9.17) is 9.47 Å². The van der Waals surface area contributed by atoms with Crippen molar-refractivity contribution in [2.45, 2.75) is 24.2 Å². The zero-order valence-electron chi connectivity index (χ0n) is 18.3. The molecule has 0 spiro atoms. The second kappa shape index (κ2) is 9.86. The molecule has 3 aromatic rings. The van der Waals surface area contributed by atoms with Crippen molar-refractivity contribution in [2.24, 2.45) is 0 Å². The smallest absolute Gasteiger partial charge is 0.257 e. The summed E-state index contributed by atoms with van der Waals surface area (Å²) in [5, 5.41) is 11.8. The monoisotopic (exact) mass is 488 g/mol. The van der Waals surface area contributed by atoms with Gasteiger partial charge >= 0.3 is 0 Å². The number of sulfonamides is 1. The fourth-order valence-corrected chi connectivity index (χ4v) is 5.85. The fourth-order valence-electron chi connectivity index (χ4n) is 3.56. The third-order valence-electron chi connectivity index (χ3n) is 5.35. The molecule has 0 saturated carbocycles. The predicted octanol–water partition coefficient (Wildman–Crippen LogP) is 3.65. The van der Waals surface area contributed by atoms with E-state index in [0.29, 0.717) is 40.3 Å². The minimum absolute atomic E-state index is 0.186. The van der Waals surface area contributed by atoms with Crippen LogP contribution in [-0.4, -0.2) is 56.1 Å². The van der Waals surface area contributed by atoms with Crippen LogP contribution in [0.2, 0.25) is 0 Å². The molecule has 0 radical (unpaired) electrons. The van der Waals surface area contributed by atoms with Crippen molar-refractivity contribution < 1.29 is 22.7 Å². The number of hydrogen-bond acceptors (Lipinski definition) is 8. The van der Waals surface area contributed by atoms with Gasteiger partial charge in [0.2, 0.25) is 15.2 Å². The van der Waals surface area contributed by atoms with Crippen LogP contribution in [0.5, 0.6) is 11.5 Å². The molecule has 33 heavy (non-hydrogen) atoms. The summed E-state index contributed by atoms with van der Waals surface area (Å²) in [6.07, 6.45) is 2.78. The average Bonchev–Trinajstić information content (AvgIpc) is 3.32. The number of nitrogens with one attached hydrogen (secondary N) is 1. The topological polar surface area (TPSA) is 111 Å². The Kier molecular flexibility index (Phi) is 6.91. The van der Waals surface area contributed by atoms with E-state index in [9.17, 15) is 13.2 Å². The summed E-state index contributed by atoms with van der Waals surface area (Å²) in [4.78, 5) is 12.8. The van der Waals surface area contributed by atoms with Crippen molar-refractivity contribution >= 4 is 32.4 Å². The van der Waals surface area contributed by atoms with Crippen molar-refractivity contribution in [3.05, 3.63) is 48.0 Å². The predicted molar refractivity (Wildman–Crippen MR) is 125 cm³/mol. The maximum absolute atomic E-state index is 12.8. The maximum Gasteiger partial charge on any atom is 0.257 e. The first-order valence-corrected chi connectivity index (χ1v) is 12.7. The number of nitrogens with zero attached hydrogens (tertiary/aromatic N) is 3. The van der Waals surface area contributed by atoms with Gasteiger partial charge in [-0.2, -0.15) is 4.31 Å². The Hall–Kier alpha value is -3.02. The number of hydrogen-bond donors (Lipinski definition) is 1. The molecule has 0 unspecified atom stereocenters. The number of amides is 1. The van der Waals surface area contributed by atoms with Crippen molar-refractivity contribution in [2.75, 3.05) is 32.6 Å². The van der Waals surface area contributed by atoms with E-state index in [1.807, 2.05) is 6.07 Å². The third kappa shape index (κ3) is 5.00. The summed E-state index contributed by atoms with van der Waals surface area (Å²) in [5.41, 5.74) is 1.05. The van der Waals surface area contributed by atoms with Crippen LogP contribution in [-0.2, 0) is 10.0 Å². The molecule has 1 fully saturated rings. The summed E-state index contributed by atoms with van der Waals surface area (Å²) in [6, 6.07) is 11.3. The Labute approximate surface area is 196 Å². The lowest BCUT2D eigenvalue weighted by molar-refractivity contribution is 0.102. The van der Waals surface area contributed by atoms with Crippen LogP contribution >= 0.6 is 11.3 Å². The van der Waals surface area contributed by atoms with Gasteiger partial charge in [-0.05, 0) is 49.2 Å². The summed E-state index contributed by atoms with van der Waals surface area (Å²) in [6.45, 7) is 1.06. The van der Waals surface area contributed by atoms with Crippen molar-refractivity contribution in [3.63, 3.8) is 0 Å². The zero-order valence-corrected chi connectivity index (χ0v) is 19.9. The van der Waals surface area contributed by atoms with Crippen LogP contribution in [0.4, 0.5) is 5.13 Å². The van der Waals surface area contributed by atoms with E-state index < -0.39 is 15.9 Å². The number of ether oxygens (including phenoxy) is 2. The largest absolute Gasteiger partial charge is 0.497 e. The number of aromatic nitrogens is 2. The number of carbonyl (C=O) groups excluding carboxylic acids is 1. The van der Waals surface area contributed by atoms with Gasteiger partial charge < -0.3 is 9.47 Å². The Morgan fingerprint density at radius 2 is 1.73 bits per heavy atom. The SMILES string of the molecule is COc1ccc(-c2nnc(NC(=O)c3ccc(S(=O)(=O)N4CCCCC4)cc3)s2)c(OC)c1. The van der Waals surface area contributed by atoms with Crippen LogP contribution in [0.3, 0.4) is 0 Å². The summed E-state index contributed by atoms with van der Waals surface area (Å²) < 4.78 is 37.7. The molecular formula is C22H24N4O5S2. The number of methoxy groups -OCH3 is 2. The van der Waals surface area contributed by atoms with Crippen molar-refractivity contribution in [1.29, 1.82) is 0 Å². The highest BCUT2D eigenvalue weighted by Crippen LogP contribution is 2.36. The number of rotatable bonds is 7. The van der Waals surface area contributed by atoms with Crippen molar-refractivity contribution in [1.82, 2.24) is 14.5 Å². The first-order chi connectivity index (χ1) is 15.9. The highest BCUT2D eigenvalue weighted by molar-refractivity contribution is 7.89. The maximum atomic E-state index is 12.8. The van der Waals surface area contributed by atoms with E-state index >= 15 is 0 Å². The summed E-state index contributed by atoms with van der Waals surface area (Å²) >= 11 is 1.20. The molecule has 2 heterocycles. The van der Waals surface area contributed by atoms with E-state index in [-0.39, 0.29) is 4.90 Å². The molecule has 0 atom stereocenters. The Morgan fingerprint density at radius 1 is 1.00 bits per heavy atom. The van der Waals surface area contributed by atoms with Gasteiger partial charge in [0.1, 0.15) is 11.5 Å². The first kappa shape index (κ1) is 23.1. The van der Waals surface area contributed by atoms with Crippen LogP contribution in [0.1, 0.15) is 29.6 Å². The standard InChI is InChI=1S/C22H24N4O5S2/c1-30-16-8-11-18(19(14-16)31-2)21-24-25-22(32-21)23-20(27)15-6-9-17(10-7-15)33(28,29)26-12-4-3-5-13-26/h6-11,14H,3-5,12-13H2,1-2H3,(H,23,25,27). The molecule has 1 aromatic heterocycles. The minimum Gasteiger partial charge on any atom is -0.497 e. The van der Waals surface area contributed by atoms with Crippen LogP contribution < -0.4 is 14.8 Å². The Balaban J connectivity index is 1.47. The molecule has 1 amide bonds. The van der Waals surface area contributed by atoms with Gasteiger partial charge in [0, 0.05) is 24.7 Å². The second-order valence-electron chi connectivity index (χ2n) is 7.42. The fraction of sp³-hybridized carbons (Fsp3) is 0.318. The molecular weight excluding hydrogens is 464 g/mol. The lowest BCUT2D eigenvalue weighted by Crippen LogP contribution is -2.35. The molecule has 1 aliphatic heterocycles. The molecule has 1 N–H and O–H groups in total. The summed E-state index contributed by atoms with van der Waals surface area (Å²) in [5.74, 6) is 0.828. The van der Waals surface area contributed by atoms with E-state index in [2.05, 4.69) is 15.5 Å². The molecule has 2 aromatic carbocycles. The Morgan fingerprint density at radius 3 is 2.39 bits per heavy atom. The highest BCUT2D eigenvalue weighted by atomic mass is 32.2. The highest BCUT2D eigenvalue weighted by Gasteiger charge is 2.26. The lowest BCUT2D eigenvalue weighted by Gasteiger charge is -2.25. The molecule has 9 nitrogen and oxygen atoms in total. The first-order valence-electron chi connectivity index (χ1n) is 10.4. The van der Waals surface area contributed by atoms with Gasteiger partial charge in [-0.3, -0.25) is 10.1 Å². The van der Waals surface area contributed by atoms with Gasteiger partial charge in [-0.15, -0.1) is 10.2 Å². The zero-order chi connectivity index (χ0) is 23.4. The minimum atomic E-state index is -3.54. The van der Waals surface area contributed by atoms with Gasteiger partial charge in [0.15, 0.2) is 5.01 Å².